The van der Waals surface area contributed by atoms with Gasteiger partial charge in [0.1, 0.15) is 6.23 Å². The molecule has 1 unspecified atom stereocenters. The molecule has 29 heavy (non-hydrogen) atoms. The lowest BCUT2D eigenvalue weighted by molar-refractivity contribution is 0.102. The molecule has 6 nitrogen and oxygen atoms in total. The van der Waals surface area contributed by atoms with Gasteiger partial charge in [-0.3, -0.25) is 10.1 Å². The Kier molecular flexibility index (Phi) is 5.46. The highest BCUT2D eigenvalue weighted by Crippen LogP contribution is 2.27. The van der Waals surface area contributed by atoms with Crippen molar-refractivity contribution in [3.8, 4) is 11.1 Å². The van der Waals surface area contributed by atoms with Crippen LogP contribution in [-0.4, -0.2) is 36.9 Å². The lowest BCUT2D eigenvalue weighted by Gasteiger charge is -2.32. The number of hydrogen-bond acceptors (Lipinski definition) is 5. The lowest BCUT2D eigenvalue weighted by Crippen LogP contribution is -2.50. The molecule has 1 aliphatic heterocycles. The third kappa shape index (κ3) is 4.39. The highest BCUT2D eigenvalue weighted by atomic mass is 16.3. The van der Waals surface area contributed by atoms with Gasteiger partial charge in [0.2, 0.25) is 0 Å². The standard InChI is InChI=1S/C23H24N4O2/c24-20-11-8-18(16-4-2-1-3-5-16)14-21(20)26-23(29)17-6-9-19(10-7-17)27-13-12-25-22(28)15-27/h1-11,14,22,25,28H,12-13,15,24H2,(H,26,29). The molecule has 1 heterocycles. The number of benzene rings is 3. The average molecular weight is 388 g/mol. The number of β-amino-alcohol motifs (C(OH)–C–C–N with tert-alkyl or cyclic N) is 1. The zero-order valence-corrected chi connectivity index (χ0v) is 16.0. The molecule has 1 amide bonds. The van der Waals surface area contributed by atoms with E-state index in [-0.39, 0.29) is 5.91 Å². The molecule has 0 bridgehead atoms. The third-order valence-electron chi connectivity index (χ3n) is 5.06. The highest BCUT2D eigenvalue weighted by molar-refractivity contribution is 6.06. The number of hydrogen-bond donors (Lipinski definition) is 4. The van der Waals surface area contributed by atoms with Gasteiger partial charge in [-0.15, -0.1) is 0 Å². The van der Waals surface area contributed by atoms with Crippen LogP contribution in [0.5, 0.6) is 0 Å². The quantitative estimate of drug-likeness (QED) is 0.516. The minimum absolute atomic E-state index is 0.214. The number of nitrogens with one attached hydrogen (secondary N) is 2. The van der Waals surface area contributed by atoms with Crippen molar-refractivity contribution in [2.75, 3.05) is 35.6 Å². The molecular formula is C23H24N4O2. The first-order valence-corrected chi connectivity index (χ1v) is 9.63. The van der Waals surface area contributed by atoms with Crippen LogP contribution in [0.4, 0.5) is 17.1 Å². The van der Waals surface area contributed by atoms with E-state index in [1.807, 2.05) is 54.6 Å². The van der Waals surface area contributed by atoms with Gasteiger partial charge in [-0.2, -0.15) is 0 Å². The van der Waals surface area contributed by atoms with Crippen LogP contribution in [0.15, 0.2) is 72.8 Å². The van der Waals surface area contributed by atoms with Crippen LogP contribution in [0.3, 0.4) is 0 Å². The molecule has 0 spiro atoms. The number of nitrogens with zero attached hydrogens (tertiary/aromatic N) is 1. The van der Waals surface area contributed by atoms with Crippen LogP contribution in [0.1, 0.15) is 10.4 Å². The molecule has 6 heteroatoms. The second kappa shape index (κ2) is 8.34. The topological polar surface area (TPSA) is 90.6 Å². The van der Waals surface area contributed by atoms with Crippen LogP contribution in [-0.2, 0) is 0 Å². The summed E-state index contributed by atoms with van der Waals surface area (Å²) in [5.74, 6) is -0.214. The number of aliphatic hydroxyl groups is 1. The molecule has 1 atom stereocenters. The van der Waals surface area contributed by atoms with Gasteiger partial charge in [0, 0.05) is 24.3 Å². The summed E-state index contributed by atoms with van der Waals surface area (Å²) in [4.78, 5) is 14.8. The van der Waals surface area contributed by atoms with Gasteiger partial charge in [0.25, 0.3) is 5.91 Å². The van der Waals surface area contributed by atoms with E-state index in [0.29, 0.717) is 23.5 Å². The maximum Gasteiger partial charge on any atom is 0.255 e. The number of nitrogens with two attached hydrogens (primary N) is 1. The second-order valence-electron chi connectivity index (χ2n) is 7.08. The summed E-state index contributed by atoms with van der Waals surface area (Å²) in [6, 6.07) is 23.0. The summed E-state index contributed by atoms with van der Waals surface area (Å²) in [7, 11) is 0. The summed E-state index contributed by atoms with van der Waals surface area (Å²) < 4.78 is 0. The molecule has 0 aliphatic carbocycles. The van der Waals surface area contributed by atoms with Crippen molar-refractivity contribution >= 4 is 23.0 Å². The highest BCUT2D eigenvalue weighted by Gasteiger charge is 2.17. The summed E-state index contributed by atoms with van der Waals surface area (Å²) in [6.07, 6.45) is -0.536. The number of carbonyl (C=O) groups excluding carboxylic acids is 1. The zero-order chi connectivity index (χ0) is 20.2. The summed E-state index contributed by atoms with van der Waals surface area (Å²) in [5, 5.41) is 15.7. The van der Waals surface area contributed by atoms with E-state index in [1.165, 1.54) is 0 Å². The van der Waals surface area contributed by atoms with Crippen molar-refractivity contribution in [3.63, 3.8) is 0 Å². The fourth-order valence-corrected chi connectivity index (χ4v) is 3.46. The van der Waals surface area contributed by atoms with Crippen LogP contribution >= 0.6 is 0 Å². The first-order valence-electron chi connectivity index (χ1n) is 9.63. The van der Waals surface area contributed by atoms with Crippen molar-refractivity contribution in [2.24, 2.45) is 0 Å². The fraction of sp³-hybridized carbons (Fsp3) is 0.174. The molecule has 1 aliphatic rings. The maximum atomic E-state index is 12.7. The molecule has 148 valence electrons. The molecular weight excluding hydrogens is 364 g/mol. The van der Waals surface area contributed by atoms with Gasteiger partial charge in [-0.1, -0.05) is 36.4 Å². The number of anilines is 3. The molecule has 1 saturated heterocycles. The van der Waals surface area contributed by atoms with Crippen LogP contribution in [0, 0.1) is 0 Å². The Morgan fingerprint density at radius 3 is 2.52 bits per heavy atom. The van der Waals surface area contributed by atoms with Crippen molar-refractivity contribution in [3.05, 3.63) is 78.4 Å². The number of piperazine rings is 1. The summed E-state index contributed by atoms with van der Waals surface area (Å²) in [5.41, 5.74) is 10.8. The monoisotopic (exact) mass is 388 g/mol. The average Bonchev–Trinajstić information content (AvgIpc) is 2.76. The summed E-state index contributed by atoms with van der Waals surface area (Å²) >= 11 is 0. The third-order valence-corrected chi connectivity index (χ3v) is 5.06. The van der Waals surface area contributed by atoms with Crippen LogP contribution < -0.4 is 21.3 Å². The van der Waals surface area contributed by atoms with E-state index >= 15 is 0 Å². The molecule has 4 rings (SSSR count). The largest absolute Gasteiger partial charge is 0.397 e. The van der Waals surface area contributed by atoms with Crippen molar-refractivity contribution in [2.45, 2.75) is 6.23 Å². The maximum absolute atomic E-state index is 12.7. The Morgan fingerprint density at radius 2 is 1.79 bits per heavy atom. The van der Waals surface area contributed by atoms with Crippen LogP contribution in [0.2, 0.25) is 0 Å². The van der Waals surface area contributed by atoms with Gasteiger partial charge in [-0.05, 0) is 47.5 Å². The Hall–Kier alpha value is -3.35. The Morgan fingerprint density at radius 1 is 1.03 bits per heavy atom. The zero-order valence-electron chi connectivity index (χ0n) is 16.0. The number of aliphatic hydroxyl groups excluding tert-OH is 1. The number of rotatable bonds is 4. The van der Waals surface area contributed by atoms with E-state index < -0.39 is 6.23 Å². The summed E-state index contributed by atoms with van der Waals surface area (Å²) in [6.45, 7) is 2.06. The molecule has 3 aromatic carbocycles. The molecule has 0 radical (unpaired) electrons. The van der Waals surface area contributed by atoms with Crippen molar-refractivity contribution < 1.29 is 9.90 Å². The molecule has 0 saturated carbocycles. The number of carbonyl (C=O) groups is 1. The first-order chi connectivity index (χ1) is 14.1. The van der Waals surface area contributed by atoms with Gasteiger partial charge < -0.3 is 21.1 Å². The minimum atomic E-state index is -0.536. The van der Waals surface area contributed by atoms with Crippen molar-refractivity contribution in [1.29, 1.82) is 0 Å². The SMILES string of the molecule is Nc1ccc(-c2ccccc2)cc1NC(=O)c1ccc(N2CCNC(O)C2)cc1. The predicted molar refractivity (Wildman–Crippen MR) is 117 cm³/mol. The minimum Gasteiger partial charge on any atom is -0.397 e. The smallest absolute Gasteiger partial charge is 0.255 e. The van der Waals surface area contributed by atoms with E-state index in [2.05, 4.69) is 15.5 Å². The molecule has 3 aromatic rings. The van der Waals surface area contributed by atoms with E-state index in [4.69, 9.17) is 5.73 Å². The second-order valence-corrected chi connectivity index (χ2v) is 7.08. The normalized spacial score (nSPS) is 16.4. The number of nitrogen functional groups attached to an aromatic ring is 1. The molecule has 1 fully saturated rings. The van der Waals surface area contributed by atoms with Crippen LogP contribution in [0.25, 0.3) is 11.1 Å². The van der Waals surface area contributed by atoms with Gasteiger partial charge >= 0.3 is 0 Å². The predicted octanol–water partition coefficient (Wildman–Crippen LogP) is 2.92. The van der Waals surface area contributed by atoms with Gasteiger partial charge in [0.05, 0.1) is 17.9 Å². The fourth-order valence-electron chi connectivity index (χ4n) is 3.46. The van der Waals surface area contributed by atoms with E-state index in [1.54, 1.807) is 18.2 Å². The Labute approximate surface area is 170 Å². The number of amides is 1. The molecule has 0 aromatic heterocycles. The van der Waals surface area contributed by atoms with E-state index in [0.717, 1.165) is 29.9 Å². The van der Waals surface area contributed by atoms with Gasteiger partial charge in [-0.25, -0.2) is 0 Å². The van der Waals surface area contributed by atoms with Gasteiger partial charge in [0.15, 0.2) is 0 Å². The first kappa shape index (κ1) is 19.0. The molecule has 5 N–H and O–H groups in total. The van der Waals surface area contributed by atoms with E-state index in [9.17, 15) is 9.90 Å². The Bertz CT molecular complexity index is 990. The van der Waals surface area contributed by atoms with Crippen molar-refractivity contribution in [1.82, 2.24) is 5.32 Å². The lowest BCUT2D eigenvalue weighted by atomic mass is 10.0. The Balaban J connectivity index is 1.49.